The predicted octanol–water partition coefficient (Wildman–Crippen LogP) is 8.09. The molecule has 3 rings (SSSR count). The zero-order valence-corrected chi connectivity index (χ0v) is 26.9. The Morgan fingerprint density at radius 2 is 1.76 bits per heavy atom. The summed E-state index contributed by atoms with van der Waals surface area (Å²) in [7, 11) is 0. The van der Waals surface area contributed by atoms with Crippen LogP contribution >= 0.6 is 0 Å². The zero-order chi connectivity index (χ0) is 29.8. The predicted molar refractivity (Wildman–Crippen MR) is 172 cm³/mol. The lowest BCUT2D eigenvalue weighted by Gasteiger charge is -2.31. The van der Waals surface area contributed by atoms with Crippen molar-refractivity contribution in [2.45, 2.75) is 112 Å². The van der Waals surface area contributed by atoms with E-state index >= 15 is 0 Å². The van der Waals surface area contributed by atoms with Gasteiger partial charge in [-0.2, -0.15) is 0 Å². The van der Waals surface area contributed by atoms with Crippen LogP contribution in [0.25, 0.3) is 0 Å². The molecule has 4 atom stereocenters. The highest BCUT2D eigenvalue weighted by atomic mass is 16.5. The largest absolute Gasteiger partial charge is 0.494 e. The summed E-state index contributed by atoms with van der Waals surface area (Å²) >= 11 is 0. The Morgan fingerprint density at radius 3 is 2.34 bits per heavy atom. The quantitative estimate of drug-likeness (QED) is 0.158. The number of amides is 1. The van der Waals surface area contributed by atoms with E-state index in [9.17, 15) is 9.59 Å². The van der Waals surface area contributed by atoms with Crippen LogP contribution in [-0.2, 0) is 14.3 Å². The third-order valence-corrected chi connectivity index (χ3v) is 9.21. The van der Waals surface area contributed by atoms with Gasteiger partial charge in [-0.1, -0.05) is 77.2 Å². The molecule has 0 saturated carbocycles. The molecule has 5 nitrogen and oxygen atoms in total. The fourth-order valence-electron chi connectivity index (χ4n) is 6.83. The molecule has 1 amide bonds. The molecule has 0 bridgehead atoms. The third kappa shape index (κ3) is 9.98. The van der Waals surface area contributed by atoms with Crippen molar-refractivity contribution in [1.82, 2.24) is 9.80 Å². The number of carbonyl (C=O) groups is 2. The topological polar surface area (TPSA) is 49.9 Å². The van der Waals surface area contributed by atoms with Gasteiger partial charge in [-0.05, 0) is 75.4 Å². The molecule has 3 aliphatic rings. The summed E-state index contributed by atoms with van der Waals surface area (Å²) in [6.07, 6.45) is 21.3. The highest BCUT2D eigenvalue weighted by Gasteiger charge is 2.41. The fraction of sp³-hybridized carbons (Fsp3) is 0.694. The van der Waals surface area contributed by atoms with Crippen molar-refractivity contribution in [1.29, 1.82) is 0 Å². The Bertz CT molecular complexity index is 990. The van der Waals surface area contributed by atoms with Crippen LogP contribution in [0.4, 0.5) is 0 Å². The number of hydrogen-bond donors (Lipinski definition) is 0. The van der Waals surface area contributed by atoms with Crippen molar-refractivity contribution in [3.63, 3.8) is 0 Å². The van der Waals surface area contributed by atoms with Crippen molar-refractivity contribution in [3.8, 4) is 0 Å². The lowest BCUT2D eigenvalue weighted by atomic mass is 9.82. The molecule has 5 heteroatoms. The van der Waals surface area contributed by atoms with Gasteiger partial charge in [0, 0.05) is 45.5 Å². The van der Waals surface area contributed by atoms with Crippen molar-refractivity contribution in [2.75, 3.05) is 32.8 Å². The number of hydrogen-bond acceptors (Lipinski definition) is 4. The molecular weight excluding hydrogens is 508 g/mol. The molecule has 1 aliphatic heterocycles. The number of rotatable bonds is 19. The van der Waals surface area contributed by atoms with Crippen LogP contribution in [0.15, 0.2) is 46.8 Å². The van der Waals surface area contributed by atoms with E-state index in [0.29, 0.717) is 49.2 Å². The standard InChI is InChI=1S/C36H57N2O3.H2/c1-7-11-22-37(23-12-8-2)36(40)26-38-25-33(28(6)34(38)20-14-29(13-9-3)24-27(5)39)31-17-19-32(30-15-16-30)35(21-18-31)41-10-4;/h15-17,19,21,28-29,33-34H,7-14,18,20,22-26H2,1-6H3;1H/t28-,29?,33+,34+;/m1./s1. The second-order valence-corrected chi connectivity index (χ2v) is 12.5. The van der Waals surface area contributed by atoms with Crippen LogP contribution in [0.3, 0.4) is 0 Å². The summed E-state index contributed by atoms with van der Waals surface area (Å²) < 4.78 is 6.03. The van der Waals surface area contributed by atoms with Crippen LogP contribution in [-0.4, -0.2) is 60.3 Å². The Hall–Kier alpha value is -2.14. The minimum Gasteiger partial charge on any atom is -0.494 e. The number of ketones is 1. The Kier molecular flexibility index (Phi) is 13.9. The second-order valence-electron chi connectivity index (χ2n) is 12.5. The zero-order valence-electron chi connectivity index (χ0n) is 26.9. The van der Waals surface area contributed by atoms with E-state index in [4.69, 9.17) is 4.74 Å². The summed E-state index contributed by atoms with van der Waals surface area (Å²) in [6.45, 7) is 16.6. The second kappa shape index (κ2) is 17.1. The molecule has 0 aromatic rings. The molecule has 0 aromatic heterocycles. The maximum absolute atomic E-state index is 13.7. The first-order valence-electron chi connectivity index (χ1n) is 16.6. The lowest BCUT2D eigenvalue weighted by Crippen LogP contribution is -2.44. The van der Waals surface area contributed by atoms with Crippen LogP contribution in [0.5, 0.6) is 0 Å². The number of likely N-dealkylation sites (tertiary alicyclic amines) is 1. The number of Topliss-reactive ketones (excluding diaryl/α,β-unsaturated/α-hetero) is 1. The number of nitrogens with zero attached hydrogens (tertiary/aromatic N) is 2. The molecule has 1 radical (unpaired) electrons. The van der Waals surface area contributed by atoms with Gasteiger partial charge in [-0.3, -0.25) is 9.69 Å². The average molecular weight is 568 g/mol. The van der Waals surface area contributed by atoms with E-state index < -0.39 is 0 Å². The van der Waals surface area contributed by atoms with Crippen molar-refractivity contribution in [2.24, 2.45) is 17.8 Å². The fourth-order valence-corrected chi connectivity index (χ4v) is 6.83. The van der Waals surface area contributed by atoms with Gasteiger partial charge in [-0.15, -0.1) is 0 Å². The first-order valence-corrected chi connectivity index (χ1v) is 16.6. The highest BCUT2D eigenvalue weighted by molar-refractivity contribution is 5.78. The Balaban J connectivity index is 0.00000616. The van der Waals surface area contributed by atoms with Crippen LogP contribution in [0, 0.1) is 24.2 Å². The van der Waals surface area contributed by atoms with Crippen LogP contribution < -0.4 is 0 Å². The number of carbonyl (C=O) groups excluding carboxylic acids is 2. The molecule has 1 saturated heterocycles. The monoisotopic (exact) mass is 567 g/mol. The van der Waals surface area contributed by atoms with Gasteiger partial charge < -0.3 is 14.4 Å². The number of unbranched alkanes of at least 4 members (excludes halogenated alkanes) is 2. The molecule has 2 aliphatic carbocycles. The van der Waals surface area contributed by atoms with Gasteiger partial charge in [0.05, 0.1) is 13.2 Å². The average Bonchev–Trinajstić information content (AvgIpc) is 3.75. The number of allylic oxidation sites excluding steroid dienone is 5. The molecule has 0 aromatic carbocycles. The molecule has 0 N–H and O–H groups in total. The summed E-state index contributed by atoms with van der Waals surface area (Å²) in [5, 5.41) is 0. The molecule has 231 valence electrons. The molecule has 0 spiro atoms. The summed E-state index contributed by atoms with van der Waals surface area (Å²) in [4.78, 5) is 30.3. The van der Waals surface area contributed by atoms with Crippen molar-refractivity contribution >= 4 is 11.7 Å². The smallest absolute Gasteiger partial charge is 0.236 e. The van der Waals surface area contributed by atoms with E-state index in [0.717, 1.165) is 83.2 Å². The summed E-state index contributed by atoms with van der Waals surface area (Å²) in [5.41, 5.74) is 3.89. The van der Waals surface area contributed by atoms with E-state index in [2.05, 4.69) is 68.2 Å². The molecule has 41 heavy (non-hydrogen) atoms. The van der Waals surface area contributed by atoms with Crippen molar-refractivity contribution in [3.05, 3.63) is 53.2 Å². The normalized spacial score (nSPS) is 23.2. The first-order chi connectivity index (χ1) is 19.8. The van der Waals surface area contributed by atoms with Gasteiger partial charge in [0.25, 0.3) is 0 Å². The number of ether oxygens (including phenoxy) is 1. The Morgan fingerprint density at radius 1 is 1.05 bits per heavy atom. The van der Waals surface area contributed by atoms with Crippen molar-refractivity contribution < 1.29 is 15.8 Å². The first kappa shape index (κ1) is 33.4. The summed E-state index contributed by atoms with van der Waals surface area (Å²) in [5.74, 6) is 2.85. The minimum atomic E-state index is 0. The molecule has 1 heterocycles. The van der Waals surface area contributed by atoms with E-state index in [-0.39, 0.29) is 7.33 Å². The van der Waals surface area contributed by atoms with E-state index in [1.54, 1.807) is 6.92 Å². The molecule has 1 fully saturated rings. The minimum absolute atomic E-state index is 0. The maximum Gasteiger partial charge on any atom is 0.236 e. The highest BCUT2D eigenvalue weighted by Crippen LogP contribution is 2.41. The Labute approximate surface area is 252 Å². The molecule has 1 unspecified atom stereocenters. The van der Waals surface area contributed by atoms with E-state index in [1.165, 1.54) is 16.7 Å². The van der Waals surface area contributed by atoms with E-state index in [1.807, 2.05) is 6.92 Å². The van der Waals surface area contributed by atoms with Gasteiger partial charge in [0.2, 0.25) is 5.91 Å². The lowest BCUT2D eigenvalue weighted by molar-refractivity contribution is -0.133. The summed E-state index contributed by atoms with van der Waals surface area (Å²) in [6, 6.07) is 0.344. The molecular formula is C36H59N2O3. The van der Waals surface area contributed by atoms with Gasteiger partial charge in [-0.25, -0.2) is 0 Å². The SMILES string of the molecule is CCCCN(CCCC)C(=O)CN1C[C@H](C2=CC=C(C3=C[CH]3)C(OCC)=CC2)[C@@H](C)[C@@H]1CCC(CCC)CC(C)=O.[HH]. The van der Waals surface area contributed by atoms with Crippen LogP contribution in [0.2, 0.25) is 0 Å². The van der Waals surface area contributed by atoms with Gasteiger partial charge in [0.15, 0.2) is 0 Å². The third-order valence-electron chi connectivity index (χ3n) is 9.21. The van der Waals surface area contributed by atoms with Gasteiger partial charge in [0.1, 0.15) is 11.5 Å². The maximum atomic E-state index is 13.7. The van der Waals surface area contributed by atoms with Gasteiger partial charge >= 0.3 is 0 Å². The van der Waals surface area contributed by atoms with Crippen LogP contribution in [0.1, 0.15) is 107 Å².